The third-order valence-corrected chi connectivity index (χ3v) is 5.83. The number of amides is 1. The van der Waals surface area contributed by atoms with E-state index in [-0.39, 0.29) is 11.7 Å². The van der Waals surface area contributed by atoms with E-state index in [0.29, 0.717) is 22.6 Å². The zero-order valence-corrected chi connectivity index (χ0v) is 17.3. The molecule has 0 saturated heterocycles. The van der Waals surface area contributed by atoms with E-state index in [1.807, 2.05) is 56.3 Å². The summed E-state index contributed by atoms with van der Waals surface area (Å²) in [6.45, 7) is 3.85. The molecule has 1 heterocycles. The molecule has 4 nitrogen and oxygen atoms in total. The topological polar surface area (TPSA) is 58.2 Å². The lowest BCUT2D eigenvalue weighted by Gasteiger charge is -2.34. The Morgan fingerprint density at radius 3 is 2.66 bits per heavy atom. The molecule has 2 N–H and O–H groups in total. The van der Waals surface area contributed by atoms with Gasteiger partial charge in [-0.05, 0) is 56.0 Å². The normalized spacial score (nSPS) is 19.0. The van der Waals surface area contributed by atoms with E-state index in [0.717, 1.165) is 41.1 Å². The summed E-state index contributed by atoms with van der Waals surface area (Å²) in [7, 11) is 0. The number of carbonyl (C=O) groups excluding carboxylic acids is 2. The van der Waals surface area contributed by atoms with Crippen LogP contribution in [0.3, 0.4) is 0 Å². The van der Waals surface area contributed by atoms with Gasteiger partial charge in [0.1, 0.15) is 0 Å². The molecule has 5 heteroatoms. The smallest absolute Gasteiger partial charge is 0.254 e. The standard InChI is InChI=1S/C24H23ClN2O2/c1-14-7-3-4-10-18(14)27-24(29)21-15(2)26-19-11-6-12-20(28)23(19)22(21)16-8-5-9-17(25)13-16/h3-5,7-10,13,22,26H,6,11-12H2,1-2H3,(H,27,29)/t22-/m0/s1. The van der Waals surface area contributed by atoms with Crippen LogP contribution < -0.4 is 10.6 Å². The molecule has 0 fully saturated rings. The quantitative estimate of drug-likeness (QED) is 0.731. The fourth-order valence-corrected chi connectivity index (χ4v) is 4.41. The van der Waals surface area contributed by atoms with E-state index in [9.17, 15) is 9.59 Å². The number of nitrogens with one attached hydrogen (secondary N) is 2. The molecule has 1 aliphatic heterocycles. The summed E-state index contributed by atoms with van der Waals surface area (Å²) in [5, 5.41) is 6.96. The van der Waals surface area contributed by atoms with E-state index >= 15 is 0 Å². The van der Waals surface area contributed by atoms with Crippen LogP contribution in [0.1, 0.15) is 43.2 Å². The molecule has 0 saturated carbocycles. The second-order valence-corrected chi connectivity index (χ2v) is 8.03. The molecule has 0 spiro atoms. The average molecular weight is 407 g/mol. The molecular formula is C24H23ClN2O2. The molecule has 0 radical (unpaired) electrons. The number of dihydropyridines is 1. The van der Waals surface area contributed by atoms with Gasteiger partial charge in [-0.15, -0.1) is 0 Å². The van der Waals surface area contributed by atoms with E-state index in [1.165, 1.54) is 0 Å². The average Bonchev–Trinajstić information content (AvgIpc) is 2.69. The second kappa shape index (κ2) is 7.88. The fraction of sp³-hybridized carbons (Fsp3) is 0.250. The van der Waals surface area contributed by atoms with Crippen LogP contribution >= 0.6 is 11.6 Å². The Labute approximate surface area is 175 Å². The highest BCUT2D eigenvalue weighted by atomic mass is 35.5. The Morgan fingerprint density at radius 1 is 1.10 bits per heavy atom. The van der Waals surface area contributed by atoms with Gasteiger partial charge in [0.2, 0.25) is 0 Å². The first kappa shape index (κ1) is 19.5. The zero-order valence-electron chi connectivity index (χ0n) is 16.5. The van der Waals surface area contributed by atoms with Crippen molar-refractivity contribution in [2.45, 2.75) is 39.0 Å². The van der Waals surface area contributed by atoms with Crippen molar-refractivity contribution in [1.82, 2.24) is 5.32 Å². The lowest BCUT2D eigenvalue weighted by Crippen LogP contribution is -2.35. The van der Waals surface area contributed by atoms with Gasteiger partial charge in [0, 0.05) is 45.6 Å². The molecule has 4 rings (SSSR count). The number of aryl methyl sites for hydroxylation is 1. The number of para-hydroxylation sites is 1. The Morgan fingerprint density at radius 2 is 1.90 bits per heavy atom. The van der Waals surface area contributed by atoms with Gasteiger partial charge in [-0.3, -0.25) is 9.59 Å². The van der Waals surface area contributed by atoms with Crippen LogP contribution in [0.15, 0.2) is 71.1 Å². The Balaban J connectivity index is 1.81. The summed E-state index contributed by atoms with van der Waals surface area (Å²) in [6.07, 6.45) is 2.14. The van der Waals surface area contributed by atoms with Gasteiger partial charge in [-0.2, -0.15) is 0 Å². The maximum atomic E-state index is 13.4. The third-order valence-electron chi connectivity index (χ3n) is 5.60. The Hall–Kier alpha value is -2.85. The molecule has 2 aromatic carbocycles. The first-order valence-electron chi connectivity index (χ1n) is 9.82. The van der Waals surface area contributed by atoms with E-state index < -0.39 is 5.92 Å². The van der Waals surface area contributed by atoms with Crippen LogP contribution in [-0.2, 0) is 9.59 Å². The van der Waals surface area contributed by atoms with Crippen LogP contribution in [0.2, 0.25) is 5.02 Å². The number of Topliss-reactive ketones (excluding diaryl/α,β-unsaturated/α-hetero) is 1. The molecule has 0 unspecified atom stereocenters. The van der Waals surface area contributed by atoms with Crippen molar-refractivity contribution in [3.8, 4) is 0 Å². The van der Waals surface area contributed by atoms with Crippen molar-refractivity contribution >= 4 is 29.0 Å². The molecule has 1 amide bonds. The minimum atomic E-state index is -0.429. The minimum absolute atomic E-state index is 0.0948. The number of anilines is 1. The van der Waals surface area contributed by atoms with E-state index in [2.05, 4.69) is 10.6 Å². The SMILES string of the molecule is CC1=C(C(=O)Nc2ccccc2C)[C@H](c2cccc(Cl)c2)C2=C(CCCC2=O)N1. The molecule has 1 atom stereocenters. The molecular weight excluding hydrogens is 384 g/mol. The van der Waals surface area contributed by atoms with Crippen LogP contribution in [0.5, 0.6) is 0 Å². The summed E-state index contributed by atoms with van der Waals surface area (Å²) < 4.78 is 0. The van der Waals surface area contributed by atoms with Crippen molar-refractivity contribution in [1.29, 1.82) is 0 Å². The number of ketones is 1. The third kappa shape index (κ3) is 3.73. The fourth-order valence-electron chi connectivity index (χ4n) is 4.21. The minimum Gasteiger partial charge on any atom is -0.362 e. The molecule has 2 aromatic rings. The van der Waals surface area contributed by atoms with Gasteiger partial charge in [0.15, 0.2) is 5.78 Å². The summed E-state index contributed by atoms with van der Waals surface area (Å²) in [4.78, 5) is 26.3. The number of hydrogen-bond acceptors (Lipinski definition) is 3. The number of allylic oxidation sites excluding steroid dienone is 3. The number of rotatable bonds is 3. The molecule has 0 aromatic heterocycles. The first-order valence-corrected chi connectivity index (χ1v) is 10.2. The molecule has 29 heavy (non-hydrogen) atoms. The molecule has 0 bridgehead atoms. The van der Waals surface area contributed by atoms with Gasteiger partial charge in [-0.1, -0.05) is 41.9 Å². The van der Waals surface area contributed by atoms with Crippen LogP contribution in [0.4, 0.5) is 5.69 Å². The summed E-state index contributed by atoms with van der Waals surface area (Å²) in [5.74, 6) is -0.543. The van der Waals surface area contributed by atoms with Crippen molar-refractivity contribution in [3.63, 3.8) is 0 Å². The van der Waals surface area contributed by atoms with Crippen LogP contribution in [-0.4, -0.2) is 11.7 Å². The second-order valence-electron chi connectivity index (χ2n) is 7.59. The number of carbonyl (C=O) groups is 2. The highest BCUT2D eigenvalue weighted by Crippen LogP contribution is 2.42. The molecule has 1 aliphatic carbocycles. The highest BCUT2D eigenvalue weighted by Gasteiger charge is 2.38. The monoisotopic (exact) mass is 406 g/mol. The predicted molar refractivity (Wildman–Crippen MR) is 116 cm³/mol. The van der Waals surface area contributed by atoms with Gasteiger partial charge >= 0.3 is 0 Å². The first-order chi connectivity index (χ1) is 14.0. The van der Waals surface area contributed by atoms with Crippen LogP contribution in [0.25, 0.3) is 0 Å². The number of benzene rings is 2. The lowest BCUT2D eigenvalue weighted by atomic mass is 9.75. The van der Waals surface area contributed by atoms with Crippen molar-refractivity contribution in [2.75, 3.05) is 5.32 Å². The maximum Gasteiger partial charge on any atom is 0.254 e. The number of halogens is 1. The van der Waals surface area contributed by atoms with Gasteiger partial charge in [-0.25, -0.2) is 0 Å². The van der Waals surface area contributed by atoms with Crippen molar-refractivity contribution < 1.29 is 9.59 Å². The largest absolute Gasteiger partial charge is 0.362 e. The van der Waals surface area contributed by atoms with Gasteiger partial charge in [0.25, 0.3) is 5.91 Å². The molecule has 148 valence electrons. The van der Waals surface area contributed by atoms with Crippen molar-refractivity contribution in [3.05, 3.63) is 87.2 Å². The van der Waals surface area contributed by atoms with Gasteiger partial charge < -0.3 is 10.6 Å². The summed E-state index contributed by atoms with van der Waals surface area (Å²) in [5.41, 5.74) is 5.55. The lowest BCUT2D eigenvalue weighted by molar-refractivity contribution is -0.116. The maximum absolute atomic E-state index is 13.4. The van der Waals surface area contributed by atoms with E-state index in [4.69, 9.17) is 11.6 Å². The Kier molecular flexibility index (Phi) is 5.29. The highest BCUT2D eigenvalue weighted by molar-refractivity contribution is 6.30. The summed E-state index contributed by atoms with van der Waals surface area (Å²) in [6, 6.07) is 15.1. The predicted octanol–water partition coefficient (Wildman–Crippen LogP) is 5.26. The van der Waals surface area contributed by atoms with Crippen LogP contribution in [0, 0.1) is 6.92 Å². The Bertz CT molecular complexity index is 1070. The van der Waals surface area contributed by atoms with Gasteiger partial charge in [0.05, 0.1) is 0 Å². The number of hydrogen-bond donors (Lipinski definition) is 2. The van der Waals surface area contributed by atoms with E-state index in [1.54, 1.807) is 6.07 Å². The zero-order chi connectivity index (χ0) is 20.5. The van der Waals surface area contributed by atoms with Crippen molar-refractivity contribution in [2.24, 2.45) is 0 Å². The summed E-state index contributed by atoms with van der Waals surface area (Å²) >= 11 is 6.26. The molecule has 2 aliphatic rings.